The Labute approximate surface area is 218 Å². The minimum Gasteiger partial charge on any atom is -0.490 e. The van der Waals surface area contributed by atoms with E-state index >= 15 is 0 Å². The van der Waals surface area contributed by atoms with Gasteiger partial charge in [-0.2, -0.15) is 9.78 Å². The fourth-order valence-corrected chi connectivity index (χ4v) is 4.41. The number of amides is 1. The highest BCUT2D eigenvalue weighted by Crippen LogP contribution is 2.39. The van der Waals surface area contributed by atoms with E-state index < -0.39 is 5.91 Å². The summed E-state index contributed by atoms with van der Waals surface area (Å²) in [6.45, 7) is 6.73. The van der Waals surface area contributed by atoms with E-state index in [1.807, 2.05) is 20.8 Å². The number of aryl methyl sites for hydroxylation is 1. The van der Waals surface area contributed by atoms with Crippen LogP contribution >= 0.6 is 0 Å². The first-order chi connectivity index (χ1) is 18.5. The number of aromatic nitrogens is 4. The maximum Gasteiger partial charge on any atom is 0.257 e. The highest BCUT2D eigenvalue weighted by Gasteiger charge is 2.23. The molecule has 198 valence electrons. The van der Waals surface area contributed by atoms with Gasteiger partial charge in [0, 0.05) is 17.2 Å². The van der Waals surface area contributed by atoms with Crippen molar-refractivity contribution >= 4 is 11.7 Å². The number of benzene rings is 1. The van der Waals surface area contributed by atoms with Gasteiger partial charge in [0.1, 0.15) is 11.5 Å². The summed E-state index contributed by atoms with van der Waals surface area (Å²) in [5.74, 6) is 1.82. The van der Waals surface area contributed by atoms with Crippen molar-refractivity contribution in [2.45, 2.75) is 40.0 Å². The maximum atomic E-state index is 13.5. The van der Waals surface area contributed by atoms with Crippen LogP contribution in [0.1, 0.15) is 48.8 Å². The third-order valence-electron chi connectivity index (χ3n) is 6.03. The minimum absolute atomic E-state index is 0.205. The smallest absolute Gasteiger partial charge is 0.257 e. The lowest BCUT2D eigenvalue weighted by Gasteiger charge is -2.17. The molecular weight excluding hydrogens is 490 g/mol. The molecule has 0 unspecified atom stereocenters. The minimum atomic E-state index is -0.439. The molecule has 0 spiro atoms. The molecule has 0 radical (unpaired) electrons. The molecule has 5 rings (SSSR count). The van der Waals surface area contributed by atoms with Gasteiger partial charge in [0.2, 0.25) is 11.7 Å². The van der Waals surface area contributed by atoms with Gasteiger partial charge in [0.05, 0.1) is 31.8 Å². The van der Waals surface area contributed by atoms with Crippen LogP contribution in [0.15, 0.2) is 45.8 Å². The fraction of sp³-hybridized carbons (Fsp3) is 0.333. The van der Waals surface area contributed by atoms with E-state index in [2.05, 4.69) is 20.4 Å². The molecule has 1 amide bonds. The lowest BCUT2D eigenvalue weighted by Crippen LogP contribution is -2.21. The Balaban J connectivity index is 1.55. The lowest BCUT2D eigenvalue weighted by atomic mass is 10.1. The quantitative estimate of drug-likeness (QED) is 0.319. The second-order valence-corrected chi connectivity index (χ2v) is 8.53. The van der Waals surface area contributed by atoms with Crippen LogP contribution in [-0.2, 0) is 12.8 Å². The fourth-order valence-electron chi connectivity index (χ4n) is 4.41. The van der Waals surface area contributed by atoms with Crippen LogP contribution in [0.3, 0.4) is 0 Å². The van der Waals surface area contributed by atoms with Gasteiger partial charge in [-0.05, 0) is 64.3 Å². The van der Waals surface area contributed by atoms with E-state index in [4.69, 9.17) is 18.6 Å². The number of ether oxygens (including phenoxy) is 3. The zero-order valence-electron chi connectivity index (χ0n) is 21.5. The van der Waals surface area contributed by atoms with Crippen LogP contribution in [0.25, 0.3) is 17.4 Å². The van der Waals surface area contributed by atoms with E-state index in [1.165, 1.54) is 10.9 Å². The van der Waals surface area contributed by atoms with E-state index in [1.54, 1.807) is 30.3 Å². The summed E-state index contributed by atoms with van der Waals surface area (Å²) >= 11 is 0. The number of anilines is 1. The first-order valence-electron chi connectivity index (χ1n) is 12.7. The summed E-state index contributed by atoms with van der Waals surface area (Å²) in [5, 5.41) is 7.47. The summed E-state index contributed by atoms with van der Waals surface area (Å²) in [4.78, 5) is 33.6. The van der Waals surface area contributed by atoms with Crippen molar-refractivity contribution in [2.75, 3.05) is 25.1 Å². The third kappa shape index (κ3) is 4.86. The summed E-state index contributed by atoms with van der Waals surface area (Å²) in [7, 11) is 0. The molecular formula is C27H29N5O6. The van der Waals surface area contributed by atoms with Gasteiger partial charge in [0.15, 0.2) is 17.3 Å². The normalized spacial score (nSPS) is 12.3. The molecule has 0 fully saturated rings. The number of carbonyl (C=O) groups excluding carboxylic acids is 1. The first kappa shape index (κ1) is 25.1. The number of nitrogens with one attached hydrogen (secondary N) is 2. The number of hydrogen-bond acceptors (Lipinski definition) is 8. The molecule has 0 saturated heterocycles. The number of rotatable bonds is 10. The van der Waals surface area contributed by atoms with Crippen LogP contribution in [-0.4, -0.2) is 45.5 Å². The molecule has 11 heteroatoms. The maximum absolute atomic E-state index is 13.5. The summed E-state index contributed by atoms with van der Waals surface area (Å²) < 4.78 is 24.2. The Bertz CT molecular complexity index is 1480. The molecule has 0 aliphatic heterocycles. The average molecular weight is 520 g/mol. The highest BCUT2D eigenvalue weighted by molar-refractivity contribution is 6.05. The average Bonchev–Trinajstić information content (AvgIpc) is 3.67. The Morgan fingerprint density at radius 2 is 1.82 bits per heavy atom. The number of furan rings is 1. The van der Waals surface area contributed by atoms with Gasteiger partial charge in [-0.15, -0.1) is 0 Å². The Morgan fingerprint density at radius 1 is 1.08 bits per heavy atom. The predicted octanol–water partition coefficient (Wildman–Crippen LogP) is 4.15. The van der Waals surface area contributed by atoms with Gasteiger partial charge in [-0.3, -0.25) is 14.6 Å². The van der Waals surface area contributed by atoms with Gasteiger partial charge in [-0.25, -0.2) is 4.98 Å². The van der Waals surface area contributed by atoms with E-state index in [0.29, 0.717) is 78.3 Å². The van der Waals surface area contributed by atoms with Crippen molar-refractivity contribution in [3.8, 4) is 34.7 Å². The first-order valence-corrected chi connectivity index (χ1v) is 12.7. The van der Waals surface area contributed by atoms with Crippen LogP contribution in [0, 0.1) is 0 Å². The standard InChI is InChI=1S/C27H29N5O6/c1-4-35-21-13-16(14-22(36-5-2)24(21)37-6-3)25(33)29-23-15-19(20-11-8-12-38-20)31-32(23)27-28-18-10-7-9-17(18)26(34)30-27/h8,11-15H,4-7,9-10H2,1-3H3,(H,29,33)(H,28,30,34). The van der Waals surface area contributed by atoms with E-state index in [-0.39, 0.29) is 11.5 Å². The van der Waals surface area contributed by atoms with E-state index in [0.717, 1.165) is 12.1 Å². The molecule has 11 nitrogen and oxygen atoms in total. The second kappa shape index (κ2) is 10.8. The van der Waals surface area contributed by atoms with Gasteiger partial charge in [-0.1, -0.05) is 0 Å². The van der Waals surface area contributed by atoms with Crippen molar-refractivity contribution in [1.29, 1.82) is 0 Å². The summed E-state index contributed by atoms with van der Waals surface area (Å²) in [6, 6.07) is 8.37. The SMILES string of the molecule is CCOc1cc(C(=O)Nc2cc(-c3ccco3)nn2-c2nc3c(c(=O)[nH]2)CCC3)cc(OCC)c1OCC. The molecule has 2 N–H and O–H groups in total. The van der Waals surface area contributed by atoms with Crippen molar-refractivity contribution in [1.82, 2.24) is 19.7 Å². The van der Waals surface area contributed by atoms with Gasteiger partial charge >= 0.3 is 0 Å². The summed E-state index contributed by atoms with van der Waals surface area (Å²) in [5.41, 5.74) is 1.99. The zero-order chi connectivity index (χ0) is 26.6. The largest absolute Gasteiger partial charge is 0.490 e. The van der Waals surface area contributed by atoms with Gasteiger partial charge in [0.25, 0.3) is 11.5 Å². The van der Waals surface area contributed by atoms with Crippen molar-refractivity contribution in [3.05, 3.63) is 63.8 Å². The molecule has 4 aromatic rings. The molecule has 3 aromatic heterocycles. The number of aromatic amines is 1. The molecule has 0 bridgehead atoms. The number of hydrogen-bond donors (Lipinski definition) is 2. The molecule has 0 atom stereocenters. The number of fused-ring (bicyclic) bond motifs is 1. The Kier molecular flexibility index (Phi) is 7.16. The number of carbonyl (C=O) groups is 1. The van der Waals surface area contributed by atoms with Crippen LogP contribution in [0.5, 0.6) is 17.2 Å². The Hall–Kier alpha value is -4.54. The topological polar surface area (TPSA) is 134 Å². The highest BCUT2D eigenvalue weighted by atomic mass is 16.5. The number of H-pyrrole nitrogens is 1. The van der Waals surface area contributed by atoms with Crippen molar-refractivity contribution in [3.63, 3.8) is 0 Å². The van der Waals surface area contributed by atoms with Crippen molar-refractivity contribution < 1.29 is 23.4 Å². The van der Waals surface area contributed by atoms with Crippen LogP contribution < -0.4 is 25.1 Å². The summed E-state index contributed by atoms with van der Waals surface area (Å²) in [6.07, 6.45) is 3.82. The molecule has 1 aliphatic carbocycles. The van der Waals surface area contributed by atoms with E-state index in [9.17, 15) is 9.59 Å². The molecule has 38 heavy (non-hydrogen) atoms. The predicted molar refractivity (Wildman–Crippen MR) is 140 cm³/mol. The Morgan fingerprint density at radius 3 is 2.47 bits per heavy atom. The molecule has 1 aliphatic rings. The van der Waals surface area contributed by atoms with Gasteiger partial charge < -0.3 is 23.9 Å². The van der Waals surface area contributed by atoms with Crippen LogP contribution in [0.4, 0.5) is 5.82 Å². The molecule has 0 saturated carbocycles. The lowest BCUT2D eigenvalue weighted by molar-refractivity contribution is 0.102. The third-order valence-corrected chi connectivity index (χ3v) is 6.03. The van der Waals surface area contributed by atoms with Crippen molar-refractivity contribution in [2.24, 2.45) is 0 Å². The second-order valence-electron chi connectivity index (χ2n) is 8.53. The number of nitrogens with zero attached hydrogens (tertiary/aromatic N) is 3. The molecule has 3 heterocycles. The monoisotopic (exact) mass is 519 g/mol. The van der Waals surface area contributed by atoms with Crippen LogP contribution in [0.2, 0.25) is 0 Å². The molecule has 1 aromatic carbocycles. The zero-order valence-corrected chi connectivity index (χ0v) is 21.5.